The van der Waals surface area contributed by atoms with Gasteiger partial charge in [-0.25, -0.2) is 0 Å². The van der Waals surface area contributed by atoms with Crippen LogP contribution in [0.2, 0.25) is 0 Å². The van der Waals surface area contributed by atoms with Crippen molar-refractivity contribution in [2.24, 2.45) is 5.92 Å². The van der Waals surface area contributed by atoms with E-state index in [1.54, 1.807) is 0 Å². The second-order valence-electron chi connectivity index (χ2n) is 10.7. The smallest absolute Gasteiger partial charge is 0.0540 e. The van der Waals surface area contributed by atoms with Crippen LogP contribution in [0.5, 0.6) is 0 Å². The van der Waals surface area contributed by atoms with Gasteiger partial charge in [-0.15, -0.1) is 6.58 Å². The molecule has 0 aliphatic carbocycles. The number of fused-ring (bicyclic) bond motifs is 1. The number of rotatable bonds is 9. The van der Waals surface area contributed by atoms with Crippen LogP contribution in [0, 0.1) is 5.92 Å². The summed E-state index contributed by atoms with van der Waals surface area (Å²) in [4.78, 5) is 2.34. The van der Waals surface area contributed by atoms with E-state index in [9.17, 15) is 0 Å². The third kappa shape index (κ3) is 5.96. The van der Waals surface area contributed by atoms with Crippen molar-refractivity contribution in [2.75, 3.05) is 4.90 Å². The highest BCUT2D eigenvalue weighted by molar-refractivity contribution is 5.98. The van der Waals surface area contributed by atoms with Crippen molar-refractivity contribution in [1.82, 2.24) is 0 Å². The van der Waals surface area contributed by atoms with Gasteiger partial charge < -0.3 is 4.90 Å². The van der Waals surface area contributed by atoms with E-state index in [-0.39, 0.29) is 0 Å². The van der Waals surface area contributed by atoms with Gasteiger partial charge in [-0.2, -0.15) is 0 Å². The summed E-state index contributed by atoms with van der Waals surface area (Å²) in [7, 11) is 0. The van der Waals surface area contributed by atoms with Crippen LogP contribution in [0.1, 0.15) is 12.5 Å². The third-order valence-electron chi connectivity index (χ3n) is 7.82. The Morgan fingerprint density at radius 2 is 1.10 bits per heavy atom. The first-order valence-corrected chi connectivity index (χ1v) is 14.6. The molecule has 0 heterocycles. The predicted octanol–water partition coefficient (Wildman–Crippen LogP) is 11.6. The number of allylic oxidation sites excluding steroid dienone is 3. The average Bonchev–Trinajstić information content (AvgIpc) is 3.06. The molecule has 1 unspecified atom stereocenters. The highest BCUT2D eigenvalue weighted by Gasteiger charge is 2.15. The van der Waals surface area contributed by atoms with Gasteiger partial charge in [0.25, 0.3) is 0 Å². The fourth-order valence-corrected chi connectivity index (χ4v) is 5.40. The Hall–Kier alpha value is -5.14. The second-order valence-corrected chi connectivity index (χ2v) is 10.7. The highest BCUT2D eigenvalue weighted by Crippen LogP contribution is 2.39. The lowest BCUT2D eigenvalue weighted by Crippen LogP contribution is -2.10. The fraction of sp³-hybridized carbons (Fsp3) is 0.0732. The molecule has 6 rings (SSSR count). The Morgan fingerprint density at radius 1 is 0.571 bits per heavy atom. The van der Waals surface area contributed by atoms with E-state index in [4.69, 9.17) is 0 Å². The maximum absolute atomic E-state index is 3.85. The van der Waals surface area contributed by atoms with Crippen molar-refractivity contribution in [3.05, 3.63) is 176 Å². The first-order chi connectivity index (χ1) is 20.7. The van der Waals surface area contributed by atoms with E-state index in [2.05, 4.69) is 176 Å². The molecule has 0 aromatic heterocycles. The summed E-state index contributed by atoms with van der Waals surface area (Å²) >= 11 is 0. The van der Waals surface area contributed by atoms with Crippen LogP contribution in [-0.4, -0.2) is 0 Å². The van der Waals surface area contributed by atoms with E-state index in [0.717, 1.165) is 17.8 Å². The van der Waals surface area contributed by atoms with E-state index >= 15 is 0 Å². The van der Waals surface area contributed by atoms with E-state index in [1.807, 2.05) is 6.08 Å². The first-order valence-electron chi connectivity index (χ1n) is 14.6. The summed E-state index contributed by atoms with van der Waals surface area (Å²) in [5.41, 5.74) is 9.63. The average molecular weight is 542 g/mol. The minimum absolute atomic E-state index is 0.408. The molecule has 0 saturated heterocycles. The van der Waals surface area contributed by atoms with Gasteiger partial charge in [-0.05, 0) is 75.9 Å². The quantitative estimate of drug-likeness (QED) is 0.165. The number of hydrogen-bond donors (Lipinski definition) is 0. The molecule has 1 nitrogen and oxygen atoms in total. The van der Waals surface area contributed by atoms with Gasteiger partial charge in [0.1, 0.15) is 0 Å². The lowest BCUT2D eigenvalue weighted by molar-refractivity contribution is 0.936. The number of para-hydroxylation sites is 1. The summed E-state index contributed by atoms with van der Waals surface area (Å²) in [5, 5.41) is 2.47. The summed E-state index contributed by atoms with van der Waals surface area (Å²) in [6, 6.07) is 52.3. The zero-order valence-electron chi connectivity index (χ0n) is 24.0. The molecule has 0 saturated carbocycles. The molecular weight excluding hydrogens is 506 g/mol. The van der Waals surface area contributed by atoms with Crippen LogP contribution in [0.25, 0.3) is 33.0 Å². The minimum Gasteiger partial charge on any atom is -0.310 e. The van der Waals surface area contributed by atoms with Gasteiger partial charge in [0.2, 0.25) is 0 Å². The summed E-state index contributed by atoms with van der Waals surface area (Å²) < 4.78 is 0. The standard InChI is InChI=1S/C41H35N/c1-3-31(2)11-9-12-32-19-21-33(22-20-32)34-23-25-35(26-24-34)36-27-29-39(30-28-36)42(38-15-5-4-6-16-38)41-18-10-14-37-13-7-8-17-40(37)41/h3-11,13-31H,1,12H2,2H3/b11-9+. The number of benzene rings is 6. The molecule has 0 amide bonds. The molecule has 0 fully saturated rings. The van der Waals surface area contributed by atoms with Crippen LogP contribution < -0.4 is 4.90 Å². The van der Waals surface area contributed by atoms with Crippen LogP contribution in [0.4, 0.5) is 17.1 Å². The van der Waals surface area contributed by atoms with E-state index in [0.29, 0.717) is 5.92 Å². The molecule has 0 spiro atoms. The van der Waals surface area contributed by atoms with Crippen LogP contribution >= 0.6 is 0 Å². The Bertz CT molecular complexity index is 1790. The Balaban J connectivity index is 1.24. The molecule has 1 heteroatoms. The van der Waals surface area contributed by atoms with Crippen molar-refractivity contribution in [3.63, 3.8) is 0 Å². The number of anilines is 3. The lowest BCUT2D eigenvalue weighted by Gasteiger charge is -2.27. The Labute approximate surface area is 249 Å². The summed E-state index contributed by atoms with van der Waals surface area (Å²) in [5.74, 6) is 0.408. The van der Waals surface area contributed by atoms with Gasteiger partial charge in [0.05, 0.1) is 5.69 Å². The van der Waals surface area contributed by atoms with E-state index in [1.165, 1.54) is 44.3 Å². The number of hydrogen-bond acceptors (Lipinski definition) is 1. The molecule has 0 aliphatic rings. The molecule has 42 heavy (non-hydrogen) atoms. The van der Waals surface area contributed by atoms with Crippen molar-refractivity contribution >= 4 is 27.8 Å². The monoisotopic (exact) mass is 541 g/mol. The zero-order valence-corrected chi connectivity index (χ0v) is 24.0. The molecule has 0 aliphatic heterocycles. The maximum Gasteiger partial charge on any atom is 0.0540 e. The molecule has 204 valence electrons. The first kappa shape index (κ1) is 27.1. The molecule has 0 bridgehead atoms. The molecular formula is C41H35N. The van der Waals surface area contributed by atoms with E-state index < -0.39 is 0 Å². The maximum atomic E-state index is 3.85. The zero-order chi connectivity index (χ0) is 28.7. The topological polar surface area (TPSA) is 3.24 Å². The van der Waals surface area contributed by atoms with Crippen molar-refractivity contribution in [1.29, 1.82) is 0 Å². The molecule has 0 N–H and O–H groups in total. The van der Waals surface area contributed by atoms with Crippen LogP contribution in [-0.2, 0) is 6.42 Å². The van der Waals surface area contributed by atoms with Gasteiger partial charge >= 0.3 is 0 Å². The number of nitrogens with zero attached hydrogens (tertiary/aromatic N) is 1. The summed E-state index contributed by atoms with van der Waals surface area (Å²) in [6.07, 6.45) is 7.33. The molecule has 1 atom stereocenters. The SMILES string of the molecule is C=CC(C)/C=C/Cc1ccc(-c2ccc(-c3ccc(N(c4ccccc4)c4cccc5ccccc45)cc3)cc2)cc1. The minimum atomic E-state index is 0.408. The van der Waals surface area contributed by atoms with Crippen LogP contribution in [0.15, 0.2) is 170 Å². The molecule has 6 aromatic carbocycles. The largest absolute Gasteiger partial charge is 0.310 e. The third-order valence-corrected chi connectivity index (χ3v) is 7.82. The van der Waals surface area contributed by atoms with Crippen molar-refractivity contribution in [2.45, 2.75) is 13.3 Å². The lowest BCUT2D eigenvalue weighted by atomic mass is 9.98. The fourth-order valence-electron chi connectivity index (χ4n) is 5.40. The molecule has 6 aromatic rings. The Morgan fingerprint density at radius 3 is 1.74 bits per heavy atom. The predicted molar refractivity (Wildman–Crippen MR) is 182 cm³/mol. The van der Waals surface area contributed by atoms with Crippen LogP contribution in [0.3, 0.4) is 0 Å². The normalized spacial score (nSPS) is 11.9. The van der Waals surface area contributed by atoms with Gasteiger partial charge in [-0.3, -0.25) is 0 Å². The van der Waals surface area contributed by atoms with Gasteiger partial charge in [0, 0.05) is 16.8 Å². The van der Waals surface area contributed by atoms with Crippen molar-refractivity contribution in [3.8, 4) is 22.3 Å². The van der Waals surface area contributed by atoms with Gasteiger partial charge in [-0.1, -0.05) is 140 Å². The Kier molecular flexibility index (Phi) is 8.10. The van der Waals surface area contributed by atoms with Crippen molar-refractivity contribution < 1.29 is 0 Å². The summed E-state index contributed by atoms with van der Waals surface area (Å²) in [6.45, 7) is 6.00. The second kappa shape index (κ2) is 12.6. The molecule has 0 radical (unpaired) electrons. The highest BCUT2D eigenvalue weighted by atomic mass is 15.1. The van der Waals surface area contributed by atoms with Gasteiger partial charge in [0.15, 0.2) is 0 Å².